The Labute approximate surface area is 121 Å². The van der Waals surface area contributed by atoms with Gasteiger partial charge >= 0.3 is 0 Å². The van der Waals surface area contributed by atoms with Gasteiger partial charge in [-0.15, -0.1) is 0 Å². The molecule has 110 valence electrons. The van der Waals surface area contributed by atoms with E-state index in [0.717, 1.165) is 19.4 Å². The van der Waals surface area contributed by atoms with Crippen LogP contribution in [0.5, 0.6) is 0 Å². The van der Waals surface area contributed by atoms with Crippen molar-refractivity contribution in [3.63, 3.8) is 0 Å². The number of carbonyl (C=O) groups is 1. The molecule has 20 heavy (non-hydrogen) atoms. The highest BCUT2D eigenvalue weighted by Gasteiger charge is 2.47. The van der Waals surface area contributed by atoms with Crippen molar-refractivity contribution in [2.45, 2.75) is 57.4 Å². The van der Waals surface area contributed by atoms with Crippen LogP contribution in [0, 0.1) is 22.7 Å². The Balaban J connectivity index is 1.76. The monoisotopic (exact) mass is 276 g/mol. The van der Waals surface area contributed by atoms with E-state index in [1.807, 2.05) is 0 Å². The van der Waals surface area contributed by atoms with Crippen molar-refractivity contribution >= 4 is 5.91 Å². The van der Waals surface area contributed by atoms with Crippen LogP contribution in [-0.2, 0) is 9.53 Å². The Morgan fingerprint density at radius 1 is 1.15 bits per heavy atom. The quantitative estimate of drug-likeness (QED) is 0.778. The lowest BCUT2D eigenvalue weighted by Crippen LogP contribution is -2.49. The summed E-state index contributed by atoms with van der Waals surface area (Å²) in [7, 11) is 0. The first-order chi connectivity index (χ1) is 9.77. The third-order valence-electron chi connectivity index (χ3n) is 5.47. The predicted octanol–water partition coefficient (Wildman–Crippen LogP) is 2.49. The lowest BCUT2D eigenvalue weighted by Gasteiger charge is -2.37. The Morgan fingerprint density at radius 2 is 1.85 bits per heavy atom. The van der Waals surface area contributed by atoms with Crippen molar-refractivity contribution in [2.24, 2.45) is 11.3 Å². The van der Waals surface area contributed by atoms with Gasteiger partial charge in [0.2, 0.25) is 5.91 Å². The van der Waals surface area contributed by atoms with E-state index in [-0.39, 0.29) is 5.91 Å². The van der Waals surface area contributed by atoms with Crippen molar-refractivity contribution in [2.75, 3.05) is 19.8 Å². The van der Waals surface area contributed by atoms with Gasteiger partial charge in [-0.1, -0.05) is 12.8 Å². The Hall–Kier alpha value is -1.08. The molecule has 1 saturated carbocycles. The summed E-state index contributed by atoms with van der Waals surface area (Å²) < 4.78 is 5.34. The molecule has 0 N–H and O–H groups in total. The number of likely N-dealkylation sites (tertiary alicyclic amines) is 1. The molecule has 0 aromatic rings. The fourth-order valence-electron chi connectivity index (χ4n) is 4.25. The molecule has 0 radical (unpaired) electrons. The summed E-state index contributed by atoms with van der Waals surface area (Å²) in [4.78, 5) is 15.0. The van der Waals surface area contributed by atoms with E-state index in [2.05, 4.69) is 11.0 Å². The zero-order chi connectivity index (χ0) is 14.0. The van der Waals surface area contributed by atoms with Crippen molar-refractivity contribution in [1.29, 1.82) is 5.26 Å². The van der Waals surface area contributed by atoms with Gasteiger partial charge in [0.25, 0.3) is 0 Å². The van der Waals surface area contributed by atoms with Crippen molar-refractivity contribution < 1.29 is 9.53 Å². The molecule has 0 aromatic heterocycles. The number of carbonyl (C=O) groups excluding carboxylic acids is 1. The number of nitriles is 1. The van der Waals surface area contributed by atoms with Crippen LogP contribution in [0.3, 0.4) is 0 Å². The molecular formula is C16H24N2O2. The van der Waals surface area contributed by atoms with E-state index in [4.69, 9.17) is 4.74 Å². The maximum absolute atomic E-state index is 13.0. The minimum atomic E-state index is -0.806. The molecule has 4 heteroatoms. The van der Waals surface area contributed by atoms with E-state index in [1.54, 1.807) is 0 Å². The molecule has 1 aliphatic carbocycles. The highest BCUT2D eigenvalue weighted by Crippen LogP contribution is 2.39. The van der Waals surface area contributed by atoms with Gasteiger partial charge in [-0.2, -0.15) is 5.26 Å². The number of amides is 1. The molecule has 0 aromatic carbocycles. The highest BCUT2D eigenvalue weighted by atomic mass is 16.5. The minimum Gasteiger partial charge on any atom is -0.381 e. The maximum atomic E-state index is 13.0. The van der Waals surface area contributed by atoms with Gasteiger partial charge in [-0.05, 0) is 44.4 Å². The van der Waals surface area contributed by atoms with Gasteiger partial charge < -0.3 is 9.64 Å². The predicted molar refractivity (Wildman–Crippen MR) is 74.8 cm³/mol. The molecule has 1 atom stereocenters. The average Bonchev–Trinajstić information content (AvgIpc) is 3.17. The Morgan fingerprint density at radius 3 is 2.50 bits per heavy atom. The van der Waals surface area contributed by atoms with Gasteiger partial charge in [-0.3, -0.25) is 4.79 Å². The number of ether oxygens (including phenoxy) is 1. The minimum absolute atomic E-state index is 0.0951. The van der Waals surface area contributed by atoms with Gasteiger partial charge in [0.05, 0.1) is 6.07 Å². The normalized spacial score (nSPS) is 30.4. The van der Waals surface area contributed by atoms with E-state index in [0.29, 0.717) is 38.0 Å². The summed E-state index contributed by atoms with van der Waals surface area (Å²) in [5.74, 6) is 0.773. The van der Waals surface area contributed by atoms with Crippen LogP contribution in [0.15, 0.2) is 0 Å². The molecular weight excluding hydrogens is 252 g/mol. The molecule has 3 aliphatic rings. The van der Waals surface area contributed by atoms with Crippen LogP contribution >= 0.6 is 0 Å². The second-order valence-electron chi connectivity index (χ2n) is 6.56. The standard InChI is InChI=1S/C16H24N2O2/c17-12-16(7-10-20-11-8-16)15(19)18-9-3-6-14(18)13-4-1-2-5-13/h13-14H,1-11H2. The summed E-state index contributed by atoms with van der Waals surface area (Å²) >= 11 is 0. The number of rotatable bonds is 2. The summed E-state index contributed by atoms with van der Waals surface area (Å²) in [6.07, 6.45) is 8.50. The van der Waals surface area contributed by atoms with Gasteiger partial charge in [0.15, 0.2) is 0 Å². The second kappa shape index (κ2) is 5.73. The molecule has 2 heterocycles. The molecule has 3 fully saturated rings. The van der Waals surface area contributed by atoms with E-state index in [1.165, 1.54) is 25.7 Å². The Kier molecular flexibility index (Phi) is 3.98. The van der Waals surface area contributed by atoms with E-state index < -0.39 is 5.41 Å². The molecule has 1 unspecified atom stereocenters. The van der Waals surface area contributed by atoms with E-state index in [9.17, 15) is 10.1 Å². The van der Waals surface area contributed by atoms with Gasteiger partial charge in [0, 0.05) is 25.8 Å². The maximum Gasteiger partial charge on any atom is 0.243 e. The summed E-state index contributed by atoms with van der Waals surface area (Å²) in [5, 5.41) is 9.57. The number of hydrogen-bond donors (Lipinski definition) is 0. The fourth-order valence-corrected chi connectivity index (χ4v) is 4.25. The first kappa shape index (κ1) is 13.9. The van der Waals surface area contributed by atoms with Crippen LogP contribution in [0.4, 0.5) is 0 Å². The third-order valence-corrected chi connectivity index (χ3v) is 5.47. The van der Waals surface area contributed by atoms with Crippen molar-refractivity contribution in [3.8, 4) is 6.07 Å². The molecule has 3 rings (SSSR count). The molecule has 0 bridgehead atoms. The largest absolute Gasteiger partial charge is 0.381 e. The zero-order valence-electron chi connectivity index (χ0n) is 12.1. The lowest BCUT2D eigenvalue weighted by atomic mass is 9.79. The highest BCUT2D eigenvalue weighted by molar-refractivity contribution is 5.86. The summed E-state index contributed by atoms with van der Waals surface area (Å²) in [6.45, 7) is 1.94. The lowest BCUT2D eigenvalue weighted by molar-refractivity contribution is -0.145. The first-order valence-electron chi connectivity index (χ1n) is 8.07. The molecule has 2 saturated heterocycles. The molecule has 4 nitrogen and oxygen atoms in total. The van der Waals surface area contributed by atoms with Crippen molar-refractivity contribution in [1.82, 2.24) is 4.90 Å². The molecule has 1 amide bonds. The summed E-state index contributed by atoms with van der Waals surface area (Å²) in [6, 6.07) is 2.74. The zero-order valence-corrected chi connectivity index (χ0v) is 12.1. The smallest absolute Gasteiger partial charge is 0.243 e. The van der Waals surface area contributed by atoms with Crippen LogP contribution < -0.4 is 0 Å². The second-order valence-corrected chi connectivity index (χ2v) is 6.56. The number of nitrogens with zero attached hydrogens (tertiary/aromatic N) is 2. The van der Waals surface area contributed by atoms with Crippen LogP contribution in [0.1, 0.15) is 51.4 Å². The molecule has 0 spiro atoms. The van der Waals surface area contributed by atoms with Crippen LogP contribution in [0.2, 0.25) is 0 Å². The average molecular weight is 276 g/mol. The summed E-state index contributed by atoms with van der Waals surface area (Å²) in [5.41, 5.74) is -0.806. The van der Waals surface area contributed by atoms with Crippen LogP contribution in [-0.4, -0.2) is 36.6 Å². The fraction of sp³-hybridized carbons (Fsp3) is 0.875. The SMILES string of the molecule is N#CC1(C(=O)N2CCCC2C2CCCC2)CCOCC1. The Bertz CT molecular complexity index is 403. The number of hydrogen-bond acceptors (Lipinski definition) is 3. The van der Waals surface area contributed by atoms with Gasteiger partial charge in [0.1, 0.15) is 5.41 Å². The topological polar surface area (TPSA) is 53.3 Å². The van der Waals surface area contributed by atoms with Crippen LogP contribution in [0.25, 0.3) is 0 Å². The van der Waals surface area contributed by atoms with Gasteiger partial charge in [-0.25, -0.2) is 0 Å². The van der Waals surface area contributed by atoms with Crippen molar-refractivity contribution in [3.05, 3.63) is 0 Å². The third kappa shape index (κ3) is 2.33. The van der Waals surface area contributed by atoms with E-state index >= 15 is 0 Å². The molecule has 2 aliphatic heterocycles. The first-order valence-corrected chi connectivity index (χ1v) is 8.07.